The van der Waals surface area contributed by atoms with Gasteiger partial charge in [0.1, 0.15) is 0 Å². The van der Waals surface area contributed by atoms with Gasteiger partial charge < -0.3 is 10.4 Å². The Morgan fingerprint density at radius 1 is 1.40 bits per heavy atom. The number of nitrogens with one attached hydrogen (secondary N) is 1. The van der Waals surface area contributed by atoms with Gasteiger partial charge in [0.15, 0.2) is 0 Å². The van der Waals surface area contributed by atoms with Gasteiger partial charge in [-0.3, -0.25) is 9.78 Å². The predicted molar refractivity (Wildman–Crippen MR) is 71.6 cm³/mol. The Kier molecular flexibility index (Phi) is 3.46. The zero-order valence-electron chi connectivity index (χ0n) is 11.3. The number of halogens is 1. The third-order valence-electron chi connectivity index (χ3n) is 4.39. The van der Waals surface area contributed by atoms with Gasteiger partial charge in [0.05, 0.1) is 11.8 Å². The van der Waals surface area contributed by atoms with Gasteiger partial charge in [-0.05, 0) is 31.7 Å². The van der Waals surface area contributed by atoms with Crippen molar-refractivity contribution in [3.05, 3.63) is 29.6 Å². The van der Waals surface area contributed by atoms with Crippen LogP contribution in [0.3, 0.4) is 0 Å². The highest BCUT2D eigenvalue weighted by Gasteiger charge is 2.47. The molecule has 1 fully saturated rings. The van der Waals surface area contributed by atoms with Gasteiger partial charge in [-0.2, -0.15) is 0 Å². The molecule has 2 atom stereocenters. The number of carbonyl (C=O) groups excluding carboxylic acids is 1. The Morgan fingerprint density at radius 3 is 2.90 bits per heavy atom. The maximum absolute atomic E-state index is 15.2. The van der Waals surface area contributed by atoms with Crippen LogP contribution in [0.1, 0.15) is 55.9 Å². The van der Waals surface area contributed by atoms with E-state index >= 15 is 4.39 Å². The molecule has 0 spiro atoms. The number of alkyl halides is 1. The second kappa shape index (κ2) is 5.13. The predicted octanol–water partition coefficient (Wildman–Crippen LogP) is 2.13. The van der Waals surface area contributed by atoms with Gasteiger partial charge in [-0.25, -0.2) is 4.39 Å². The number of pyridine rings is 1. The molecule has 1 heterocycles. The molecule has 4 nitrogen and oxygen atoms in total. The highest BCUT2D eigenvalue weighted by Crippen LogP contribution is 2.42. The molecule has 1 saturated carbocycles. The van der Waals surface area contributed by atoms with Crippen molar-refractivity contribution in [2.45, 2.75) is 56.3 Å². The van der Waals surface area contributed by atoms with Crippen LogP contribution in [-0.4, -0.2) is 22.0 Å². The summed E-state index contributed by atoms with van der Waals surface area (Å²) in [5.41, 5.74) is -1.55. The molecule has 1 amide bonds. The van der Waals surface area contributed by atoms with E-state index in [0.717, 1.165) is 25.7 Å². The fourth-order valence-corrected chi connectivity index (χ4v) is 3.23. The van der Waals surface area contributed by atoms with E-state index in [-0.39, 0.29) is 24.4 Å². The molecule has 20 heavy (non-hydrogen) atoms. The van der Waals surface area contributed by atoms with Crippen molar-refractivity contribution in [1.29, 1.82) is 0 Å². The van der Waals surface area contributed by atoms with Gasteiger partial charge in [0.25, 0.3) is 5.91 Å². The first kappa shape index (κ1) is 13.5. The molecule has 1 aromatic rings. The van der Waals surface area contributed by atoms with Crippen LogP contribution in [0, 0.1) is 0 Å². The van der Waals surface area contributed by atoms with Crippen LogP contribution in [0.5, 0.6) is 0 Å². The van der Waals surface area contributed by atoms with Crippen LogP contribution in [-0.2, 0) is 10.5 Å². The standard InChI is InChI=1S/C15H19FN2O2/c16-15(14(20)18-10-4-1-2-5-10)8-7-12(19)13-11(15)6-3-9-17-13/h3,6,9-10,12,19H,1-2,4-5,7-8H2,(H,18,20)/t12-,15-/m0/s1. The Bertz CT molecular complexity index is 516. The van der Waals surface area contributed by atoms with Crippen molar-refractivity contribution in [3.63, 3.8) is 0 Å². The van der Waals surface area contributed by atoms with Gasteiger partial charge in [0.2, 0.25) is 5.67 Å². The monoisotopic (exact) mass is 278 g/mol. The zero-order chi connectivity index (χ0) is 14.2. The number of fused-ring (bicyclic) bond motifs is 1. The smallest absolute Gasteiger partial charge is 0.262 e. The summed E-state index contributed by atoms with van der Waals surface area (Å²) in [5, 5.41) is 12.7. The van der Waals surface area contributed by atoms with Crippen molar-refractivity contribution in [3.8, 4) is 0 Å². The Hall–Kier alpha value is -1.49. The van der Waals surface area contributed by atoms with Crippen molar-refractivity contribution >= 4 is 5.91 Å². The highest BCUT2D eigenvalue weighted by molar-refractivity contribution is 5.87. The number of amides is 1. The molecule has 0 radical (unpaired) electrons. The molecule has 0 bridgehead atoms. The number of aromatic nitrogens is 1. The summed E-state index contributed by atoms with van der Waals surface area (Å²) in [6.45, 7) is 0. The van der Waals surface area contributed by atoms with Crippen molar-refractivity contribution < 1.29 is 14.3 Å². The first-order valence-electron chi connectivity index (χ1n) is 7.24. The molecule has 1 aromatic heterocycles. The minimum atomic E-state index is -2.06. The molecule has 2 N–H and O–H groups in total. The van der Waals surface area contributed by atoms with Crippen LogP contribution in [0.2, 0.25) is 0 Å². The lowest BCUT2D eigenvalue weighted by atomic mass is 9.81. The second-order valence-corrected chi connectivity index (χ2v) is 5.75. The molecular weight excluding hydrogens is 259 g/mol. The number of aliphatic hydroxyl groups is 1. The van der Waals surface area contributed by atoms with Gasteiger partial charge in [0, 0.05) is 17.8 Å². The molecular formula is C15H19FN2O2. The second-order valence-electron chi connectivity index (χ2n) is 5.75. The first-order valence-corrected chi connectivity index (χ1v) is 7.24. The van der Waals surface area contributed by atoms with Gasteiger partial charge in [-0.1, -0.05) is 18.9 Å². The number of rotatable bonds is 2. The van der Waals surface area contributed by atoms with Crippen LogP contribution < -0.4 is 5.32 Å². The average molecular weight is 278 g/mol. The molecule has 3 rings (SSSR count). The van der Waals surface area contributed by atoms with Crippen LogP contribution in [0.15, 0.2) is 18.3 Å². The minimum Gasteiger partial charge on any atom is -0.387 e. The summed E-state index contributed by atoms with van der Waals surface area (Å²) in [5.74, 6) is -0.578. The molecule has 0 unspecified atom stereocenters. The van der Waals surface area contributed by atoms with E-state index in [1.54, 1.807) is 12.1 Å². The quantitative estimate of drug-likeness (QED) is 0.871. The summed E-state index contributed by atoms with van der Waals surface area (Å²) in [6.07, 6.45) is 4.97. The molecule has 2 aliphatic carbocycles. The van der Waals surface area contributed by atoms with E-state index in [0.29, 0.717) is 5.69 Å². The van der Waals surface area contributed by atoms with E-state index in [1.807, 2.05) is 0 Å². The Balaban J connectivity index is 1.87. The molecule has 2 aliphatic rings. The van der Waals surface area contributed by atoms with E-state index in [4.69, 9.17) is 0 Å². The third kappa shape index (κ3) is 2.20. The number of nitrogens with zero attached hydrogens (tertiary/aromatic N) is 1. The normalized spacial score (nSPS) is 30.0. The van der Waals surface area contributed by atoms with Gasteiger partial charge >= 0.3 is 0 Å². The zero-order valence-corrected chi connectivity index (χ0v) is 11.3. The van der Waals surface area contributed by atoms with Crippen molar-refractivity contribution in [1.82, 2.24) is 10.3 Å². The lowest BCUT2D eigenvalue weighted by Crippen LogP contribution is -2.47. The number of carbonyl (C=O) groups is 1. The van der Waals surface area contributed by atoms with Crippen molar-refractivity contribution in [2.24, 2.45) is 0 Å². The molecule has 0 saturated heterocycles. The van der Waals surface area contributed by atoms with E-state index in [1.165, 1.54) is 6.20 Å². The number of hydrogen-bond donors (Lipinski definition) is 2. The fraction of sp³-hybridized carbons (Fsp3) is 0.600. The highest BCUT2D eigenvalue weighted by atomic mass is 19.1. The molecule has 0 aliphatic heterocycles. The maximum Gasteiger partial charge on any atom is 0.262 e. The number of hydrogen-bond acceptors (Lipinski definition) is 3. The summed E-state index contributed by atoms with van der Waals surface area (Å²) in [4.78, 5) is 16.4. The SMILES string of the molecule is O=C(NC1CCCC1)[C@]1(F)CC[C@H](O)c2ncccc21. The lowest BCUT2D eigenvalue weighted by Gasteiger charge is -2.33. The molecule has 0 aromatic carbocycles. The van der Waals surface area contributed by atoms with E-state index < -0.39 is 17.7 Å². The van der Waals surface area contributed by atoms with Gasteiger partial charge in [-0.15, -0.1) is 0 Å². The number of aliphatic hydroxyl groups excluding tert-OH is 1. The lowest BCUT2D eigenvalue weighted by molar-refractivity contribution is -0.136. The molecule has 5 heteroatoms. The summed E-state index contributed by atoms with van der Waals surface area (Å²) in [6, 6.07) is 3.24. The maximum atomic E-state index is 15.2. The van der Waals surface area contributed by atoms with Crippen LogP contribution in [0.4, 0.5) is 4.39 Å². The average Bonchev–Trinajstić information content (AvgIpc) is 2.96. The Labute approximate surface area is 117 Å². The Morgan fingerprint density at radius 2 is 2.15 bits per heavy atom. The van der Waals surface area contributed by atoms with E-state index in [9.17, 15) is 9.90 Å². The first-order chi connectivity index (χ1) is 9.61. The fourth-order valence-electron chi connectivity index (χ4n) is 3.23. The molecule has 108 valence electrons. The largest absolute Gasteiger partial charge is 0.387 e. The van der Waals surface area contributed by atoms with Crippen LogP contribution >= 0.6 is 0 Å². The third-order valence-corrected chi connectivity index (χ3v) is 4.39. The van der Waals surface area contributed by atoms with Crippen molar-refractivity contribution in [2.75, 3.05) is 0 Å². The topological polar surface area (TPSA) is 62.2 Å². The van der Waals surface area contributed by atoms with Crippen LogP contribution in [0.25, 0.3) is 0 Å². The minimum absolute atomic E-state index is 0.00537. The summed E-state index contributed by atoms with van der Waals surface area (Å²) in [7, 11) is 0. The van der Waals surface area contributed by atoms with E-state index in [2.05, 4.69) is 10.3 Å². The summed E-state index contributed by atoms with van der Waals surface area (Å²) < 4.78 is 15.2. The summed E-state index contributed by atoms with van der Waals surface area (Å²) >= 11 is 0.